The first-order valence-electron chi connectivity index (χ1n) is 5.16. The highest BCUT2D eigenvalue weighted by Gasteiger charge is 2.15. The van der Waals surface area contributed by atoms with Crippen LogP contribution < -0.4 is 5.32 Å². The van der Waals surface area contributed by atoms with Crippen LogP contribution in [0.1, 0.15) is 11.3 Å². The maximum Gasteiger partial charge on any atom is 0.274 e. The topological polar surface area (TPSA) is 81.0 Å². The summed E-state index contributed by atoms with van der Waals surface area (Å²) >= 11 is 0. The molecule has 1 aromatic heterocycles. The predicted molar refractivity (Wildman–Crippen MR) is 63.7 cm³/mol. The van der Waals surface area contributed by atoms with Gasteiger partial charge in [0.1, 0.15) is 6.33 Å². The van der Waals surface area contributed by atoms with Crippen molar-refractivity contribution in [3.05, 3.63) is 39.8 Å². The van der Waals surface area contributed by atoms with Gasteiger partial charge >= 0.3 is 0 Å². The lowest BCUT2D eigenvalue weighted by molar-refractivity contribution is -0.385. The Morgan fingerprint density at radius 3 is 2.82 bits per heavy atom. The van der Waals surface area contributed by atoms with E-state index < -0.39 is 0 Å². The van der Waals surface area contributed by atoms with Crippen LogP contribution in [0.5, 0.6) is 0 Å². The van der Waals surface area contributed by atoms with Crippen molar-refractivity contribution in [1.29, 1.82) is 0 Å². The summed E-state index contributed by atoms with van der Waals surface area (Å²) in [6.45, 7) is 2.25. The van der Waals surface area contributed by atoms with Gasteiger partial charge in [0.2, 0.25) is 0 Å². The van der Waals surface area contributed by atoms with E-state index in [0.717, 1.165) is 16.6 Å². The summed E-state index contributed by atoms with van der Waals surface area (Å²) < 4.78 is 0. The molecule has 0 amide bonds. The minimum Gasteiger partial charge on any atom is -0.315 e. The number of fused-ring (bicyclic) bond motifs is 1. The Hall–Kier alpha value is -2.08. The maximum absolute atomic E-state index is 11.0. The molecule has 6 heteroatoms. The molecular weight excluding hydrogens is 220 g/mol. The zero-order valence-corrected chi connectivity index (χ0v) is 9.60. The Morgan fingerprint density at radius 2 is 2.18 bits per heavy atom. The molecule has 2 aromatic rings. The van der Waals surface area contributed by atoms with Gasteiger partial charge in [0, 0.05) is 29.3 Å². The molecule has 0 saturated heterocycles. The molecule has 0 unspecified atom stereocenters. The minimum absolute atomic E-state index is 0.102. The molecule has 0 aliphatic rings. The lowest BCUT2D eigenvalue weighted by Crippen LogP contribution is -2.08. The van der Waals surface area contributed by atoms with Gasteiger partial charge in [0.05, 0.1) is 10.4 Å². The van der Waals surface area contributed by atoms with Crippen molar-refractivity contribution in [3.8, 4) is 0 Å². The molecule has 6 nitrogen and oxygen atoms in total. The molecule has 0 aliphatic carbocycles. The molecular formula is C11H12N4O2. The SMILES string of the molecule is CNCc1cc2ncnc(C)c2cc1[N+](=O)[O-]. The van der Waals surface area contributed by atoms with Crippen molar-refractivity contribution in [2.45, 2.75) is 13.5 Å². The molecule has 0 saturated carbocycles. The quantitative estimate of drug-likeness (QED) is 0.641. The minimum atomic E-state index is -0.376. The Bertz CT molecular complexity index is 583. The molecule has 1 aromatic carbocycles. The molecule has 0 atom stereocenters. The van der Waals surface area contributed by atoms with E-state index >= 15 is 0 Å². The molecule has 1 N–H and O–H groups in total. The molecule has 0 radical (unpaired) electrons. The van der Waals surface area contributed by atoms with Crippen LogP contribution in [-0.2, 0) is 6.54 Å². The number of aromatic nitrogens is 2. The van der Waals surface area contributed by atoms with E-state index in [1.54, 1.807) is 13.1 Å². The van der Waals surface area contributed by atoms with Gasteiger partial charge in [-0.3, -0.25) is 10.1 Å². The number of aryl methyl sites for hydroxylation is 1. The summed E-state index contributed by atoms with van der Waals surface area (Å²) in [5.41, 5.74) is 2.20. The summed E-state index contributed by atoms with van der Waals surface area (Å²) in [6.07, 6.45) is 1.46. The Balaban J connectivity index is 2.72. The number of nitrogens with one attached hydrogen (secondary N) is 1. The van der Waals surface area contributed by atoms with Crippen LogP contribution in [0.4, 0.5) is 5.69 Å². The van der Waals surface area contributed by atoms with Gasteiger partial charge in [-0.25, -0.2) is 9.97 Å². The van der Waals surface area contributed by atoms with E-state index in [9.17, 15) is 10.1 Å². The van der Waals surface area contributed by atoms with Gasteiger partial charge < -0.3 is 5.32 Å². The third-order valence-corrected chi connectivity index (χ3v) is 2.60. The van der Waals surface area contributed by atoms with Crippen LogP contribution in [-0.4, -0.2) is 21.9 Å². The smallest absolute Gasteiger partial charge is 0.274 e. The number of nitro benzene ring substituents is 1. The Labute approximate surface area is 97.9 Å². The van der Waals surface area contributed by atoms with Gasteiger partial charge in [-0.05, 0) is 20.0 Å². The average molecular weight is 232 g/mol. The maximum atomic E-state index is 11.0. The lowest BCUT2D eigenvalue weighted by Gasteiger charge is -2.05. The Morgan fingerprint density at radius 1 is 1.41 bits per heavy atom. The fourth-order valence-electron chi connectivity index (χ4n) is 1.77. The zero-order valence-electron chi connectivity index (χ0n) is 9.60. The highest BCUT2D eigenvalue weighted by molar-refractivity contribution is 5.84. The number of nitro groups is 1. The van der Waals surface area contributed by atoms with Gasteiger partial charge in [-0.15, -0.1) is 0 Å². The predicted octanol–water partition coefficient (Wildman–Crippen LogP) is 1.57. The molecule has 0 aliphatic heterocycles. The molecule has 0 spiro atoms. The van der Waals surface area contributed by atoms with Crippen LogP contribution in [0, 0.1) is 17.0 Å². The number of nitrogens with zero attached hydrogens (tertiary/aromatic N) is 3. The van der Waals surface area contributed by atoms with E-state index in [4.69, 9.17) is 0 Å². The first kappa shape index (κ1) is 11.4. The monoisotopic (exact) mass is 232 g/mol. The van der Waals surface area contributed by atoms with Crippen molar-refractivity contribution in [1.82, 2.24) is 15.3 Å². The third-order valence-electron chi connectivity index (χ3n) is 2.60. The number of hydrogen-bond donors (Lipinski definition) is 1. The summed E-state index contributed by atoms with van der Waals surface area (Å²) in [7, 11) is 1.75. The number of hydrogen-bond acceptors (Lipinski definition) is 5. The second kappa shape index (κ2) is 4.42. The van der Waals surface area contributed by atoms with Gasteiger partial charge in [0.25, 0.3) is 5.69 Å². The standard InChI is InChI=1S/C11H12N4O2/c1-7-9-4-11(15(16)17)8(5-12-2)3-10(9)14-6-13-7/h3-4,6,12H,5H2,1-2H3. The van der Waals surface area contributed by atoms with Crippen molar-refractivity contribution in [3.63, 3.8) is 0 Å². The highest BCUT2D eigenvalue weighted by Crippen LogP contribution is 2.25. The van der Waals surface area contributed by atoms with E-state index in [-0.39, 0.29) is 10.6 Å². The molecule has 0 fully saturated rings. The second-order valence-electron chi connectivity index (χ2n) is 3.74. The first-order chi connectivity index (χ1) is 8.13. The average Bonchev–Trinajstić information content (AvgIpc) is 2.29. The van der Waals surface area contributed by atoms with E-state index in [2.05, 4.69) is 15.3 Å². The Kier molecular flexibility index (Phi) is 2.97. The third kappa shape index (κ3) is 2.07. The number of rotatable bonds is 3. The normalized spacial score (nSPS) is 10.7. The fourth-order valence-corrected chi connectivity index (χ4v) is 1.77. The second-order valence-corrected chi connectivity index (χ2v) is 3.74. The van der Waals surface area contributed by atoms with Gasteiger partial charge in [-0.1, -0.05) is 0 Å². The summed E-state index contributed by atoms with van der Waals surface area (Å²) in [5, 5.41) is 14.6. The number of benzene rings is 1. The van der Waals surface area contributed by atoms with Crippen LogP contribution in [0.2, 0.25) is 0 Å². The molecule has 17 heavy (non-hydrogen) atoms. The van der Waals surface area contributed by atoms with Crippen LogP contribution >= 0.6 is 0 Å². The zero-order chi connectivity index (χ0) is 12.4. The molecule has 1 heterocycles. The first-order valence-corrected chi connectivity index (χ1v) is 5.16. The van der Waals surface area contributed by atoms with Crippen molar-refractivity contribution in [2.75, 3.05) is 7.05 Å². The largest absolute Gasteiger partial charge is 0.315 e. The lowest BCUT2D eigenvalue weighted by atomic mass is 10.1. The molecule has 0 bridgehead atoms. The van der Waals surface area contributed by atoms with Gasteiger partial charge in [-0.2, -0.15) is 0 Å². The van der Waals surface area contributed by atoms with E-state index in [0.29, 0.717) is 12.1 Å². The van der Waals surface area contributed by atoms with Crippen molar-refractivity contribution in [2.24, 2.45) is 0 Å². The van der Waals surface area contributed by atoms with Crippen LogP contribution in [0.3, 0.4) is 0 Å². The van der Waals surface area contributed by atoms with Gasteiger partial charge in [0.15, 0.2) is 0 Å². The van der Waals surface area contributed by atoms with E-state index in [1.165, 1.54) is 12.4 Å². The van der Waals surface area contributed by atoms with Crippen LogP contribution in [0.15, 0.2) is 18.5 Å². The summed E-state index contributed by atoms with van der Waals surface area (Å²) in [4.78, 5) is 18.8. The van der Waals surface area contributed by atoms with Crippen molar-refractivity contribution < 1.29 is 4.92 Å². The van der Waals surface area contributed by atoms with E-state index in [1.807, 2.05) is 6.92 Å². The molecule has 88 valence electrons. The van der Waals surface area contributed by atoms with Crippen molar-refractivity contribution >= 4 is 16.6 Å². The summed E-state index contributed by atoms with van der Waals surface area (Å²) in [5.74, 6) is 0. The fraction of sp³-hybridized carbons (Fsp3) is 0.273. The summed E-state index contributed by atoms with van der Waals surface area (Å²) in [6, 6.07) is 3.27. The molecule has 2 rings (SSSR count). The van der Waals surface area contributed by atoms with Crippen LogP contribution in [0.25, 0.3) is 10.9 Å². The highest BCUT2D eigenvalue weighted by atomic mass is 16.6.